The number of nitrogens with one attached hydrogen (secondary N) is 1. The number of amides is 1. The molecule has 220 valence electrons. The maximum absolute atomic E-state index is 12.9. The molecule has 0 bridgehead atoms. The van der Waals surface area contributed by atoms with E-state index in [0.717, 1.165) is 49.4 Å². The Bertz CT molecular complexity index is 889. The van der Waals surface area contributed by atoms with E-state index in [2.05, 4.69) is 27.2 Å². The van der Waals surface area contributed by atoms with Gasteiger partial charge in [-0.2, -0.15) is 0 Å². The highest BCUT2D eigenvalue weighted by atomic mass is 16.5. The minimum absolute atomic E-state index is 0.00932. The van der Waals surface area contributed by atoms with Crippen molar-refractivity contribution in [3.05, 3.63) is 39.8 Å². The van der Waals surface area contributed by atoms with E-state index in [9.17, 15) is 9.90 Å². The predicted molar refractivity (Wildman–Crippen MR) is 150 cm³/mol. The number of benzene rings is 1. The Morgan fingerprint density at radius 1 is 1.28 bits per heavy atom. The first-order chi connectivity index (χ1) is 18.9. The summed E-state index contributed by atoms with van der Waals surface area (Å²) in [7, 11) is 1.67. The fourth-order valence-corrected chi connectivity index (χ4v) is 4.48. The van der Waals surface area contributed by atoms with Crippen LogP contribution in [0.5, 0.6) is 5.75 Å². The third kappa shape index (κ3) is 12.1. The van der Waals surface area contributed by atoms with Crippen molar-refractivity contribution in [1.29, 1.82) is 0 Å². The van der Waals surface area contributed by atoms with Gasteiger partial charge in [0.1, 0.15) is 5.75 Å². The molecule has 1 aliphatic rings. The summed E-state index contributed by atoms with van der Waals surface area (Å²) in [5.41, 5.74) is 11.1. The zero-order valence-electron chi connectivity index (χ0n) is 24.0. The standard InChI is InChI=1S/C28H47N5O6/c1-5-23-8-7-22(17-27(23)39-14-6-13-36-4)19-38-20-25(31-32-29)26(34)18-24(21(2)3)28(35)30-9-10-33-11-15-37-16-12-33/h7-8,17,21,24-26,34H,5-6,9-16,18-20H2,1-4H3,(H,30,35)/t24-,25-,26-/m0/s1. The van der Waals surface area contributed by atoms with Crippen LogP contribution in [0.2, 0.25) is 0 Å². The molecule has 1 fully saturated rings. The van der Waals surface area contributed by atoms with E-state index in [1.54, 1.807) is 7.11 Å². The molecular weight excluding hydrogens is 502 g/mol. The third-order valence-electron chi connectivity index (χ3n) is 6.93. The van der Waals surface area contributed by atoms with Crippen LogP contribution >= 0.6 is 0 Å². The molecule has 1 aromatic rings. The summed E-state index contributed by atoms with van der Waals surface area (Å²) in [6, 6.07) is 5.16. The molecule has 11 heteroatoms. The lowest BCUT2D eigenvalue weighted by Crippen LogP contribution is -2.44. The predicted octanol–water partition coefficient (Wildman–Crippen LogP) is 3.33. The van der Waals surface area contributed by atoms with Crippen LogP contribution in [0.25, 0.3) is 10.4 Å². The molecule has 2 rings (SSSR count). The Labute approximate surface area is 232 Å². The summed E-state index contributed by atoms with van der Waals surface area (Å²) in [5.74, 6) is 0.309. The second-order valence-corrected chi connectivity index (χ2v) is 10.2. The van der Waals surface area contributed by atoms with E-state index in [-0.39, 0.29) is 31.5 Å². The number of ether oxygens (including phenoxy) is 4. The van der Waals surface area contributed by atoms with Gasteiger partial charge in [-0.05, 0) is 41.5 Å². The lowest BCUT2D eigenvalue weighted by molar-refractivity contribution is -0.127. The maximum Gasteiger partial charge on any atom is 0.223 e. The van der Waals surface area contributed by atoms with E-state index in [4.69, 9.17) is 24.5 Å². The first-order valence-corrected chi connectivity index (χ1v) is 14.0. The van der Waals surface area contributed by atoms with Gasteiger partial charge >= 0.3 is 0 Å². The molecule has 0 saturated carbocycles. The van der Waals surface area contributed by atoms with Crippen LogP contribution in [-0.2, 0) is 32.0 Å². The second kappa shape index (κ2) is 18.8. The molecule has 0 spiro atoms. The quantitative estimate of drug-likeness (QED) is 0.117. The number of azide groups is 1. The Morgan fingerprint density at radius 3 is 2.72 bits per heavy atom. The topological polar surface area (TPSA) is 138 Å². The number of rotatable bonds is 19. The highest BCUT2D eigenvalue weighted by molar-refractivity contribution is 5.78. The van der Waals surface area contributed by atoms with E-state index in [0.29, 0.717) is 33.0 Å². The molecule has 0 radical (unpaired) electrons. The van der Waals surface area contributed by atoms with Gasteiger partial charge in [0.25, 0.3) is 0 Å². The zero-order valence-corrected chi connectivity index (χ0v) is 24.0. The first kappa shape index (κ1) is 32.8. The highest BCUT2D eigenvalue weighted by Crippen LogP contribution is 2.23. The van der Waals surface area contributed by atoms with Crippen molar-refractivity contribution in [1.82, 2.24) is 10.2 Å². The Morgan fingerprint density at radius 2 is 2.05 bits per heavy atom. The maximum atomic E-state index is 12.9. The van der Waals surface area contributed by atoms with Crippen molar-refractivity contribution in [3.63, 3.8) is 0 Å². The fraction of sp³-hybridized carbons (Fsp3) is 0.750. The number of carbonyl (C=O) groups excluding carboxylic acids is 1. The van der Waals surface area contributed by atoms with Gasteiger partial charge in [-0.1, -0.05) is 38.0 Å². The van der Waals surface area contributed by atoms with Crippen molar-refractivity contribution in [3.8, 4) is 5.75 Å². The van der Waals surface area contributed by atoms with Gasteiger partial charge in [0.05, 0.1) is 45.2 Å². The third-order valence-corrected chi connectivity index (χ3v) is 6.93. The van der Waals surface area contributed by atoms with Gasteiger partial charge in [-0.15, -0.1) is 0 Å². The minimum Gasteiger partial charge on any atom is -0.493 e. The van der Waals surface area contributed by atoms with Crippen molar-refractivity contribution < 1.29 is 28.8 Å². The molecule has 1 amide bonds. The molecule has 0 aromatic heterocycles. The zero-order chi connectivity index (χ0) is 28.5. The molecule has 1 heterocycles. The minimum atomic E-state index is -1.01. The van der Waals surface area contributed by atoms with Gasteiger partial charge in [-0.3, -0.25) is 9.69 Å². The van der Waals surface area contributed by atoms with E-state index in [1.165, 1.54) is 0 Å². The number of aryl methyl sites for hydroxylation is 1. The highest BCUT2D eigenvalue weighted by Gasteiger charge is 2.29. The molecule has 3 atom stereocenters. The monoisotopic (exact) mass is 549 g/mol. The van der Waals surface area contributed by atoms with Crippen LogP contribution in [0.3, 0.4) is 0 Å². The SMILES string of the molecule is CCc1ccc(COC[C@H](N=[N+]=[N-])[C@@H](O)C[C@H](C(=O)NCCN2CCOCC2)C(C)C)cc1OCCCOC. The van der Waals surface area contributed by atoms with Crippen molar-refractivity contribution >= 4 is 5.91 Å². The van der Waals surface area contributed by atoms with E-state index >= 15 is 0 Å². The first-order valence-electron chi connectivity index (χ1n) is 14.0. The van der Waals surface area contributed by atoms with Gasteiger partial charge < -0.3 is 29.4 Å². The Kier molecular flexibility index (Phi) is 15.8. The largest absolute Gasteiger partial charge is 0.493 e. The number of hydrogen-bond acceptors (Lipinski definition) is 8. The molecule has 0 unspecified atom stereocenters. The van der Waals surface area contributed by atoms with Crippen LogP contribution in [0, 0.1) is 11.8 Å². The number of hydrogen-bond donors (Lipinski definition) is 2. The van der Waals surface area contributed by atoms with Crippen molar-refractivity contribution in [2.24, 2.45) is 17.0 Å². The lowest BCUT2D eigenvalue weighted by Gasteiger charge is -2.28. The normalized spacial score (nSPS) is 16.4. The van der Waals surface area contributed by atoms with Gasteiger partial charge in [-0.25, -0.2) is 0 Å². The van der Waals surface area contributed by atoms with Crippen LogP contribution in [-0.4, -0.2) is 94.4 Å². The van der Waals surface area contributed by atoms with Gasteiger partial charge in [0.15, 0.2) is 0 Å². The van der Waals surface area contributed by atoms with Crippen LogP contribution in [0.4, 0.5) is 0 Å². The number of carbonyl (C=O) groups is 1. The van der Waals surface area contributed by atoms with E-state index in [1.807, 2.05) is 32.0 Å². The second-order valence-electron chi connectivity index (χ2n) is 10.2. The molecule has 2 N–H and O–H groups in total. The summed E-state index contributed by atoms with van der Waals surface area (Å²) in [4.78, 5) is 18.1. The van der Waals surface area contributed by atoms with Crippen molar-refractivity contribution in [2.45, 2.75) is 58.8 Å². The lowest BCUT2D eigenvalue weighted by atomic mass is 9.87. The number of aliphatic hydroxyl groups is 1. The molecular formula is C28H47N5O6. The molecule has 1 aliphatic heterocycles. The summed E-state index contributed by atoms with van der Waals surface area (Å²) in [6.45, 7) is 11.9. The summed E-state index contributed by atoms with van der Waals surface area (Å²) >= 11 is 0. The number of nitrogens with zero attached hydrogens (tertiary/aromatic N) is 4. The average Bonchev–Trinajstić information content (AvgIpc) is 2.94. The molecule has 11 nitrogen and oxygen atoms in total. The van der Waals surface area contributed by atoms with Gasteiger partial charge in [0, 0.05) is 57.1 Å². The molecule has 0 aliphatic carbocycles. The summed E-state index contributed by atoms with van der Waals surface area (Å²) in [6.07, 6.45) is 0.818. The molecule has 1 saturated heterocycles. The summed E-state index contributed by atoms with van der Waals surface area (Å²) in [5, 5.41) is 17.7. The number of methoxy groups -OCH3 is 1. The smallest absolute Gasteiger partial charge is 0.223 e. The molecule has 1 aromatic carbocycles. The van der Waals surface area contributed by atoms with Crippen molar-refractivity contribution in [2.75, 3.05) is 66.3 Å². The summed E-state index contributed by atoms with van der Waals surface area (Å²) < 4.78 is 22.2. The Hall–Kier alpha value is -2.40. The fourth-order valence-electron chi connectivity index (χ4n) is 4.48. The van der Waals surface area contributed by atoms with Gasteiger partial charge in [0.2, 0.25) is 5.91 Å². The van der Waals surface area contributed by atoms with Crippen LogP contribution < -0.4 is 10.1 Å². The Balaban J connectivity index is 1.88. The number of morpholine rings is 1. The average molecular weight is 550 g/mol. The van der Waals surface area contributed by atoms with Crippen LogP contribution in [0.15, 0.2) is 23.3 Å². The van der Waals surface area contributed by atoms with E-state index < -0.39 is 18.1 Å². The molecule has 39 heavy (non-hydrogen) atoms. The van der Waals surface area contributed by atoms with Crippen LogP contribution in [0.1, 0.15) is 44.7 Å². The number of aliphatic hydroxyl groups excluding tert-OH is 1.